The van der Waals surface area contributed by atoms with E-state index in [1.165, 1.54) is 0 Å². The highest BCUT2D eigenvalue weighted by Crippen LogP contribution is 2.24. The van der Waals surface area contributed by atoms with E-state index in [1.807, 2.05) is 0 Å². The number of aliphatic hydroxyl groups is 1. The fourth-order valence-corrected chi connectivity index (χ4v) is 2.90. The molecule has 1 saturated heterocycles. The minimum absolute atomic E-state index is 0.715. The van der Waals surface area contributed by atoms with Gasteiger partial charge >= 0.3 is 20.7 Å². The van der Waals surface area contributed by atoms with Crippen LogP contribution in [-0.4, -0.2) is 82.5 Å². The van der Waals surface area contributed by atoms with Crippen molar-refractivity contribution in [3.05, 3.63) is 0 Å². The zero-order valence-electron chi connectivity index (χ0n) is 11.5. The quantitative estimate of drug-likeness (QED) is 0.344. The van der Waals surface area contributed by atoms with Crippen LogP contribution in [0.4, 0.5) is 0 Å². The average Bonchev–Trinajstić information content (AvgIpc) is 2.36. The number of rotatable bonds is 7. The van der Waals surface area contributed by atoms with Crippen molar-refractivity contribution in [2.24, 2.45) is 0 Å². The Bertz CT molecular complexity index is 559. The number of nitrogens with one attached hydrogen (secondary N) is 1. The molecule has 0 spiro atoms. The lowest BCUT2D eigenvalue weighted by atomic mass is 9.97. The number of hydrogen-bond acceptors (Lipinski definition) is 9. The van der Waals surface area contributed by atoms with E-state index in [-0.39, 0.29) is 0 Å². The Morgan fingerprint density at radius 3 is 2.14 bits per heavy atom. The summed E-state index contributed by atoms with van der Waals surface area (Å²) in [4.78, 5) is 0. The third-order valence-electron chi connectivity index (χ3n) is 2.84. The standard InChI is InChI=1S/C8H17NO11S2/c1-17-7-4(3-19-22(14,15)16)20-8(18-2)5(6(7)10)9-21(11,12)13/h4-10H,3H2,1-2H3,(H,11,12,13)(H,14,15,16)/t4-,5-,6-,7-,8+/m1/s1. The van der Waals surface area contributed by atoms with E-state index in [1.54, 1.807) is 4.72 Å². The minimum Gasteiger partial charge on any atom is -0.388 e. The molecule has 4 N–H and O–H groups in total. The van der Waals surface area contributed by atoms with Crippen molar-refractivity contribution in [1.82, 2.24) is 4.72 Å². The van der Waals surface area contributed by atoms with Gasteiger partial charge in [0.25, 0.3) is 0 Å². The second kappa shape index (κ2) is 7.43. The first kappa shape index (κ1) is 19.6. The molecule has 1 fully saturated rings. The topological polar surface area (TPSA) is 178 Å². The molecule has 0 bridgehead atoms. The van der Waals surface area contributed by atoms with Gasteiger partial charge in [0, 0.05) is 14.2 Å². The summed E-state index contributed by atoms with van der Waals surface area (Å²) in [5, 5.41) is 10.1. The van der Waals surface area contributed by atoms with Gasteiger partial charge in [-0.3, -0.25) is 9.11 Å². The molecule has 14 heteroatoms. The second-order valence-corrected chi connectivity index (χ2v) is 6.58. The highest BCUT2D eigenvalue weighted by atomic mass is 32.3. The van der Waals surface area contributed by atoms with Gasteiger partial charge in [0.2, 0.25) is 0 Å². The van der Waals surface area contributed by atoms with E-state index in [2.05, 4.69) is 4.18 Å². The van der Waals surface area contributed by atoms with Gasteiger partial charge in [-0.05, 0) is 0 Å². The molecule has 0 aliphatic carbocycles. The first-order valence-electron chi connectivity index (χ1n) is 5.74. The van der Waals surface area contributed by atoms with E-state index >= 15 is 0 Å². The normalized spacial score (nSPS) is 33.8. The summed E-state index contributed by atoms with van der Waals surface area (Å²) in [6.07, 6.45) is -5.38. The molecule has 0 aromatic rings. The third-order valence-corrected chi connectivity index (χ3v) is 3.85. The number of methoxy groups -OCH3 is 2. The maximum atomic E-state index is 10.9. The molecule has 5 atom stereocenters. The molecule has 0 amide bonds. The van der Waals surface area contributed by atoms with Crippen LogP contribution in [0.25, 0.3) is 0 Å². The van der Waals surface area contributed by atoms with Crippen molar-refractivity contribution in [1.29, 1.82) is 0 Å². The Labute approximate surface area is 127 Å². The van der Waals surface area contributed by atoms with Crippen LogP contribution >= 0.6 is 0 Å². The smallest absolute Gasteiger partial charge is 0.388 e. The molecule has 1 aliphatic heterocycles. The highest BCUT2D eigenvalue weighted by molar-refractivity contribution is 7.83. The Morgan fingerprint density at radius 2 is 1.73 bits per heavy atom. The summed E-state index contributed by atoms with van der Waals surface area (Å²) in [5.74, 6) is 0. The zero-order chi connectivity index (χ0) is 17.1. The lowest BCUT2D eigenvalue weighted by Crippen LogP contribution is -2.65. The summed E-state index contributed by atoms with van der Waals surface area (Å²) in [7, 11) is -7.15. The molecule has 0 unspecified atom stereocenters. The van der Waals surface area contributed by atoms with Gasteiger partial charge in [0.1, 0.15) is 24.4 Å². The molecule has 1 aliphatic rings. The van der Waals surface area contributed by atoms with E-state index in [0.29, 0.717) is 0 Å². The Balaban J connectivity index is 2.93. The van der Waals surface area contributed by atoms with E-state index in [4.69, 9.17) is 23.3 Å². The molecular formula is C8H17NO11S2. The number of hydrogen-bond donors (Lipinski definition) is 4. The van der Waals surface area contributed by atoms with Crippen LogP contribution in [-0.2, 0) is 39.1 Å². The van der Waals surface area contributed by atoms with Crippen molar-refractivity contribution >= 4 is 20.7 Å². The molecule has 1 rings (SSSR count). The largest absolute Gasteiger partial charge is 0.397 e. The van der Waals surface area contributed by atoms with E-state index in [9.17, 15) is 21.9 Å². The molecule has 132 valence electrons. The Kier molecular flexibility index (Phi) is 6.63. The Morgan fingerprint density at radius 1 is 1.14 bits per heavy atom. The summed E-state index contributed by atoms with van der Waals surface area (Å²) in [6, 6.07) is -1.42. The van der Waals surface area contributed by atoms with Gasteiger partial charge < -0.3 is 19.3 Å². The van der Waals surface area contributed by atoms with Crippen LogP contribution in [0.15, 0.2) is 0 Å². The van der Waals surface area contributed by atoms with Gasteiger partial charge in [-0.2, -0.15) is 21.6 Å². The first-order valence-corrected chi connectivity index (χ1v) is 8.54. The molecule has 22 heavy (non-hydrogen) atoms. The monoisotopic (exact) mass is 367 g/mol. The molecule has 1 heterocycles. The summed E-state index contributed by atoms with van der Waals surface area (Å²) < 4.78 is 81.1. The molecule has 0 aromatic carbocycles. The molecule has 12 nitrogen and oxygen atoms in total. The highest BCUT2D eigenvalue weighted by Gasteiger charge is 2.47. The predicted octanol–water partition coefficient (Wildman–Crippen LogP) is -2.69. The van der Waals surface area contributed by atoms with Crippen LogP contribution in [0.1, 0.15) is 0 Å². The number of aliphatic hydroxyl groups excluding tert-OH is 1. The molecule has 0 radical (unpaired) electrons. The van der Waals surface area contributed by atoms with Gasteiger partial charge in [0.05, 0.1) is 6.61 Å². The fourth-order valence-electron chi connectivity index (χ4n) is 2.00. The summed E-state index contributed by atoms with van der Waals surface area (Å²) in [5.41, 5.74) is 0. The van der Waals surface area contributed by atoms with Gasteiger partial charge in [0.15, 0.2) is 6.29 Å². The lowest BCUT2D eigenvalue weighted by Gasteiger charge is -2.42. The van der Waals surface area contributed by atoms with Gasteiger partial charge in [-0.15, -0.1) is 0 Å². The first-order chi connectivity index (χ1) is 9.98. The molecular weight excluding hydrogens is 350 g/mol. The molecule has 0 aromatic heterocycles. The zero-order valence-corrected chi connectivity index (χ0v) is 13.2. The van der Waals surface area contributed by atoms with Crippen molar-refractivity contribution in [3.63, 3.8) is 0 Å². The van der Waals surface area contributed by atoms with Crippen LogP contribution in [0.3, 0.4) is 0 Å². The number of ether oxygens (including phenoxy) is 3. The Hall–Kier alpha value is -0.420. The van der Waals surface area contributed by atoms with Crippen molar-refractivity contribution < 1.29 is 49.4 Å². The van der Waals surface area contributed by atoms with E-state index < -0.39 is 58.0 Å². The van der Waals surface area contributed by atoms with E-state index in [0.717, 1.165) is 14.2 Å². The van der Waals surface area contributed by atoms with Crippen molar-refractivity contribution in [2.75, 3.05) is 20.8 Å². The second-order valence-electron chi connectivity index (χ2n) is 4.30. The minimum atomic E-state index is -4.75. The van der Waals surface area contributed by atoms with Gasteiger partial charge in [-0.1, -0.05) is 0 Å². The summed E-state index contributed by atoms with van der Waals surface area (Å²) in [6.45, 7) is -0.715. The average molecular weight is 367 g/mol. The van der Waals surface area contributed by atoms with Gasteiger partial charge in [-0.25, -0.2) is 4.18 Å². The SMILES string of the molecule is CO[C@H]1O[C@H](COS(=O)(=O)O)[C@@H](OC)[C@H](O)[C@H]1NS(=O)(=O)O. The lowest BCUT2D eigenvalue weighted by molar-refractivity contribution is -0.263. The summed E-state index contributed by atoms with van der Waals surface area (Å²) >= 11 is 0. The van der Waals surface area contributed by atoms with Crippen LogP contribution in [0.2, 0.25) is 0 Å². The van der Waals surface area contributed by atoms with Crippen LogP contribution in [0.5, 0.6) is 0 Å². The van der Waals surface area contributed by atoms with Crippen LogP contribution in [0, 0.1) is 0 Å². The third kappa shape index (κ3) is 5.65. The molecule has 0 saturated carbocycles. The maximum Gasteiger partial charge on any atom is 0.397 e. The maximum absolute atomic E-state index is 10.9. The van der Waals surface area contributed by atoms with Crippen molar-refractivity contribution in [3.8, 4) is 0 Å². The van der Waals surface area contributed by atoms with Crippen molar-refractivity contribution in [2.45, 2.75) is 30.6 Å². The van der Waals surface area contributed by atoms with Crippen LogP contribution < -0.4 is 4.72 Å². The predicted molar refractivity (Wildman–Crippen MR) is 68.4 cm³/mol. The fraction of sp³-hybridized carbons (Fsp3) is 1.00.